The SMILES string of the molecule is O=C(O)Cc1cc(Cl)nc(Cl)n1. The van der Waals surface area contributed by atoms with E-state index in [0.29, 0.717) is 5.69 Å². The summed E-state index contributed by atoms with van der Waals surface area (Å²) in [5.41, 5.74) is 0.299. The highest BCUT2D eigenvalue weighted by molar-refractivity contribution is 6.31. The van der Waals surface area contributed by atoms with E-state index in [9.17, 15) is 4.79 Å². The third-order valence-corrected chi connectivity index (χ3v) is 1.42. The van der Waals surface area contributed by atoms with E-state index < -0.39 is 5.97 Å². The van der Waals surface area contributed by atoms with Crippen molar-refractivity contribution in [1.82, 2.24) is 9.97 Å². The lowest BCUT2D eigenvalue weighted by Gasteiger charge is -1.96. The van der Waals surface area contributed by atoms with Crippen molar-refractivity contribution in [2.24, 2.45) is 0 Å². The molecular formula is C6H4Cl2N2O2. The highest BCUT2D eigenvalue weighted by Crippen LogP contribution is 2.10. The van der Waals surface area contributed by atoms with Crippen LogP contribution in [0.3, 0.4) is 0 Å². The van der Waals surface area contributed by atoms with Crippen molar-refractivity contribution in [3.8, 4) is 0 Å². The molecule has 0 atom stereocenters. The fourth-order valence-corrected chi connectivity index (χ4v) is 1.13. The first-order chi connectivity index (χ1) is 5.58. The summed E-state index contributed by atoms with van der Waals surface area (Å²) >= 11 is 10.9. The number of rotatable bonds is 2. The predicted octanol–water partition coefficient (Wildman–Crippen LogP) is 1.41. The van der Waals surface area contributed by atoms with Crippen molar-refractivity contribution in [2.75, 3.05) is 0 Å². The molecule has 0 amide bonds. The fraction of sp³-hybridized carbons (Fsp3) is 0.167. The summed E-state index contributed by atoms with van der Waals surface area (Å²) in [5.74, 6) is -0.985. The highest BCUT2D eigenvalue weighted by Gasteiger charge is 2.04. The van der Waals surface area contributed by atoms with Gasteiger partial charge in [0.25, 0.3) is 0 Å². The van der Waals surface area contributed by atoms with Crippen molar-refractivity contribution in [3.63, 3.8) is 0 Å². The molecule has 1 aromatic rings. The minimum atomic E-state index is -0.985. The van der Waals surface area contributed by atoms with Crippen LogP contribution in [0.1, 0.15) is 5.69 Å². The zero-order chi connectivity index (χ0) is 9.14. The van der Waals surface area contributed by atoms with E-state index in [1.54, 1.807) is 0 Å². The summed E-state index contributed by atoms with van der Waals surface area (Å²) in [6.45, 7) is 0. The lowest BCUT2D eigenvalue weighted by molar-refractivity contribution is -0.136. The van der Waals surface area contributed by atoms with Crippen LogP contribution in [0.25, 0.3) is 0 Å². The highest BCUT2D eigenvalue weighted by atomic mass is 35.5. The summed E-state index contributed by atoms with van der Waals surface area (Å²) in [7, 11) is 0. The number of carboxylic acid groups (broad SMARTS) is 1. The lowest BCUT2D eigenvalue weighted by atomic mass is 10.3. The van der Waals surface area contributed by atoms with Crippen LogP contribution in [0.4, 0.5) is 0 Å². The minimum absolute atomic E-state index is 0.0428. The molecule has 12 heavy (non-hydrogen) atoms. The van der Waals surface area contributed by atoms with Gasteiger partial charge in [0.2, 0.25) is 5.28 Å². The summed E-state index contributed by atoms with van der Waals surface area (Å²) in [4.78, 5) is 17.5. The first-order valence-corrected chi connectivity index (χ1v) is 3.74. The molecule has 0 saturated carbocycles. The van der Waals surface area contributed by atoms with Gasteiger partial charge in [0.15, 0.2) is 0 Å². The maximum absolute atomic E-state index is 10.2. The van der Waals surface area contributed by atoms with Crippen molar-refractivity contribution in [3.05, 3.63) is 22.2 Å². The van der Waals surface area contributed by atoms with Gasteiger partial charge < -0.3 is 5.11 Å². The van der Waals surface area contributed by atoms with E-state index >= 15 is 0 Å². The molecule has 1 heterocycles. The van der Waals surface area contributed by atoms with Gasteiger partial charge in [0, 0.05) is 0 Å². The molecule has 0 spiro atoms. The number of hydrogen-bond acceptors (Lipinski definition) is 3. The van der Waals surface area contributed by atoms with Crippen LogP contribution in [0.15, 0.2) is 6.07 Å². The quantitative estimate of drug-likeness (QED) is 0.588. The van der Waals surface area contributed by atoms with Crippen molar-refractivity contribution in [2.45, 2.75) is 6.42 Å². The first-order valence-electron chi connectivity index (χ1n) is 2.98. The first kappa shape index (κ1) is 9.22. The van der Waals surface area contributed by atoms with E-state index in [0.717, 1.165) is 0 Å². The number of aromatic nitrogens is 2. The molecule has 1 rings (SSSR count). The van der Waals surface area contributed by atoms with Gasteiger partial charge >= 0.3 is 5.97 Å². The number of hydrogen-bond donors (Lipinski definition) is 1. The summed E-state index contributed by atoms with van der Waals surface area (Å²) in [6.07, 6.45) is -0.206. The van der Waals surface area contributed by atoms with Gasteiger partial charge in [-0.1, -0.05) is 11.6 Å². The largest absolute Gasteiger partial charge is 0.481 e. The van der Waals surface area contributed by atoms with Crippen LogP contribution in [-0.4, -0.2) is 21.0 Å². The smallest absolute Gasteiger partial charge is 0.309 e. The maximum Gasteiger partial charge on any atom is 0.309 e. The Kier molecular flexibility index (Phi) is 2.83. The van der Waals surface area contributed by atoms with E-state index in [1.165, 1.54) is 6.07 Å². The number of aliphatic carboxylic acids is 1. The number of halogens is 2. The Bertz CT molecular complexity index is 296. The lowest BCUT2D eigenvalue weighted by Crippen LogP contribution is -2.03. The zero-order valence-electron chi connectivity index (χ0n) is 5.79. The Morgan fingerprint density at radius 2 is 2.17 bits per heavy atom. The van der Waals surface area contributed by atoms with E-state index in [-0.39, 0.29) is 16.9 Å². The topological polar surface area (TPSA) is 63.1 Å². The molecule has 0 aliphatic rings. The van der Waals surface area contributed by atoms with Gasteiger partial charge in [-0.25, -0.2) is 9.97 Å². The van der Waals surface area contributed by atoms with Crippen LogP contribution in [0.5, 0.6) is 0 Å². The van der Waals surface area contributed by atoms with Gasteiger partial charge in [-0.15, -0.1) is 0 Å². The van der Waals surface area contributed by atoms with E-state index in [1.807, 2.05) is 0 Å². The Labute approximate surface area is 78.2 Å². The Morgan fingerprint density at radius 3 is 2.67 bits per heavy atom. The molecule has 0 radical (unpaired) electrons. The molecule has 0 bridgehead atoms. The normalized spacial score (nSPS) is 9.83. The van der Waals surface area contributed by atoms with Crippen LogP contribution in [0.2, 0.25) is 10.4 Å². The van der Waals surface area contributed by atoms with Crippen molar-refractivity contribution < 1.29 is 9.90 Å². The molecule has 6 heteroatoms. The predicted molar refractivity (Wildman–Crippen MR) is 43.4 cm³/mol. The van der Waals surface area contributed by atoms with Gasteiger partial charge in [-0.2, -0.15) is 0 Å². The average molecular weight is 207 g/mol. The molecule has 0 aliphatic heterocycles. The van der Waals surface area contributed by atoms with E-state index in [4.69, 9.17) is 28.3 Å². The Morgan fingerprint density at radius 1 is 1.50 bits per heavy atom. The second kappa shape index (κ2) is 3.69. The maximum atomic E-state index is 10.2. The zero-order valence-corrected chi connectivity index (χ0v) is 7.30. The summed E-state index contributed by atoms with van der Waals surface area (Å²) in [5, 5.41) is 8.50. The van der Waals surface area contributed by atoms with Crippen molar-refractivity contribution >= 4 is 29.2 Å². The number of carbonyl (C=O) groups is 1. The average Bonchev–Trinajstić information content (AvgIpc) is 1.81. The van der Waals surface area contributed by atoms with Crippen LogP contribution in [-0.2, 0) is 11.2 Å². The molecular weight excluding hydrogens is 203 g/mol. The summed E-state index contributed by atoms with van der Waals surface area (Å²) < 4.78 is 0. The molecule has 0 fully saturated rings. The fourth-order valence-electron chi connectivity index (χ4n) is 0.679. The van der Waals surface area contributed by atoms with Gasteiger partial charge in [-0.3, -0.25) is 4.79 Å². The van der Waals surface area contributed by atoms with Gasteiger partial charge in [-0.05, 0) is 17.7 Å². The Balaban J connectivity index is 2.93. The number of nitrogens with zero attached hydrogens (tertiary/aromatic N) is 2. The van der Waals surface area contributed by atoms with Crippen molar-refractivity contribution in [1.29, 1.82) is 0 Å². The molecule has 64 valence electrons. The number of carboxylic acids is 1. The van der Waals surface area contributed by atoms with E-state index in [2.05, 4.69) is 9.97 Å². The molecule has 1 N–H and O–H groups in total. The standard InChI is InChI=1S/C6H4Cl2N2O2/c7-4-1-3(2-5(11)12)9-6(8)10-4/h1H,2H2,(H,11,12). The molecule has 4 nitrogen and oxygen atoms in total. The third kappa shape index (κ3) is 2.64. The second-order valence-electron chi connectivity index (χ2n) is 2.02. The second-order valence-corrected chi connectivity index (χ2v) is 2.75. The van der Waals surface area contributed by atoms with Gasteiger partial charge in [0.1, 0.15) is 5.15 Å². The molecule has 1 aromatic heterocycles. The molecule has 0 aliphatic carbocycles. The molecule has 0 aromatic carbocycles. The molecule has 0 saturated heterocycles. The summed E-state index contributed by atoms with van der Waals surface area (Å²) in [6, 6.07) is 1.36. The molecule has 0 unspecified atom stereocenters. The Hall–Kier alpha value is -0.870. The third-order valence-electron chi connectivity index (χ3n) is 1.05. The minimum Gasteiger partial charge on any atom is -0.481 e. The van der Waals surface area contributed by atoms with Crippen LogP contribution in [0, 0.1) is 0 Å². The van der Waals surface area contributed by atoms with Crippen LogP contribution >= 0.6 is 23.2 Å². The van der Waals surface area contributed by atoms with Crippen LogP contribution < -0.4 is 0 Å². The van der Waals surface area contributed by atoms with Gasteiger partial charge in [0.05, 0.1) is 12.1 Å². The monoisotopic (exact) mass is 206 g/mol.